The van der Waals surface area contributed by atoms with E-state index in [1.807, 2.05) is 11.6 Å². The predicted molar refractivity (Wildman–Crippen MR) is 86.6 cm³/mol. The Labute approximate surface area is 138 Å². The topological polar surface area (TPSA) is 68.3 Å². The summed E-state index contributed by atoms with van der Waals surface area (Å²) in [6.45, 7) is 0.421. The number of thiazole rings is 1. The van der Waals surface area contributed by atoms with Gasteiger partial charge in [-0.2, -0.15) is 11.8 Å². The molecule has 5 nitrogen and oxygen atoms in total. The third kappa shape index (κ3) is 3.15. The molecule has 1 aromatic rings. The van der Waals surface area contributed by atoms with Gasteiger partial charge >= 0.3 is 5.97 Å². The van der Waals surface area contributed by atoms with Crippen LogP contribution in [-0.2, 0) is 26.6 Å². The van der Waals surface area contributed by atoms with Gasteiger partial charge < -0.3 is 10.1 Å². The molecule has 2 fully saturated rings. The molecule has 1 atom stereocenters. The molecule has 0 unspecified atom stereocenters. The summed E-state index contributed by atoms with van der Waals surface area (Å²) in [6, 6.07) is 0. The lowest BCUT2D eigenvalue weighted by molar-refractivity contribution is -0.149. The molecule has 1 aliphatic heterocycles. The first-order valence-electron chi connectivity index (χ1n) is 7.55. The van der Waals surface area contributed by atoms with Crippen LogP contribution in [-0.4, -0.2) is 28.7 Å². The Morgan fingerprint density at radius 2 is 2.32 bits per heavy atom. The van der Waals surface area contributed by atoms with Crippen molar-refractivity contribution in [3.8, 4) is 0 Å². The first kappa shape index (κ1) is 15.8. The molecule has 1 amide bonds. The second-order valence-corrected chi connectivity index (χ2v) is 7.69. The minimum Gasteiger partial charge on any atom is -0.458 e. The number of carbonyl (C=O) groups excluding carboxylic acids is 2. The van der Waals surface area contributed by atoms with E-state index in [1.165, 1.54) is 0 Å². The van der Waals surface area contributed by atoms with Gasteiger partial charge in [0.05, 0.1) is 24.6 Å². The standard InChI is InChI=1S/C15H20N2O3S2/c1-21-9-12-17-10(8-22-12)7-16-14(19)11-6-13(18)20-15(11)4-2-3-5-15/h8,11H,2-7,9H2,1H3,(H,16,19)/t11-/m0/s1. The molecule has 3 rings (SSSR count). The van der Waals surface area contributed by atoms with Crippen molar-refractivity contribution in [3.63, 3.8) is 0 Å². The first-order chi connectivity index (χ1) is 10.6. The van der Waals surface area contributed by atoms with Gasteiger partial charge in [-0.25, -0.2) is 4.98 Å². The molecule has 0 radical (unpaired) electrons. The number of aromatic nitrogens is 1. The largest absolute Gasteiger partial charge is 0.458 e. The van der Waals surface area contributed by atoms with Crippen LogP contribution in [0.4, 0.5) is 0 Å². The van der Waals surface area contributed by atoms with Gasteiger partial charge in [0.25, 0.3) is 0 Å². The number of nitrogens with one attached hydrogen (secondary N) is 1. The highest BCUT2D eigenvalue weighted by atomic mass is 32.2. The maximum Gasteiger partial charge on any atom is 0.307 e. The lowest BCUT2D eigenvalue weighted by Gasteiger charge is -2.27. The summed E-state index contributed by atoms with van der Waals surface area (Å²) in [5, 5.41) is 5.99. The van der Waals surface area contributed by atoms with Gasteiger partial charge in [-0.3, -0.25) is 9.59 Å². The monoisotopic (exact) mass is 340 g/mol. The molecule has 2 aliphatic rings. The van der Waals surface area contributed by atoms with Gasteiger partial charge in [0.1, 0.15) is 10.6 Å². The molecule has 1 aliphatic carbocycles. The lowest BCUT2D eigenvalue weighted by Crippen LogP contribution is -2.42. The van der Waals surface area contributed by atoms with Crippen molar-refractivity contribution < 1.29 is 14.3 Å². The molecule has 7 heteroatoms. The van der Waals surface area contributed by atoms with Gasteiger partial charge in [0, 0.05) is 11.1 Å². The summed E-state index contributed by atoms with van der Waals surface area (Å²) in [6.07, 6.45) is 5.93. The maximum atomic E-state index is 12.5. The van der Waals surface area contributed by atoms with Crippen LogP contribution >= 0.6 is 23.1 Å². The Morgan fingerprint density at radius 1 is 1.55 bits per heavy atom. The number of nitrogens with zero attached hydrogens (tertiary/aromatic N) is 1. The normalized spacial score (nSPS) is 23.0. The van der Waals surface area contributed by atoms with E-state index in [0.29, 0.717) is 6.54 Å². The highest BCUT2D eigenvalue weighted by Gasteiger charge is 2.53. The summed E-state index contributed by atoms with van der Waals surface area (Å²) in [5.41, 5.74) is 0.348. The Hall–Kier alpha value is -1.08. The fraction of sp³-hybridized carbons (Fsp3) is 0.667. The smallest absolute Gasteiger partial charge is 0.307 e. The number of carbonyl (C=O) groups is 2. The molecule has 1 N–H and O–H groups in total. The average molecular weight is 340 g/mol. The second-order valence-electron chi connectivity index (χ2n) is 5.89. The fourth-order valence-corrected chi connectivity index (χ4v) is 4.88. The Morgan fingerprint density at radius 3 is 3.05 bits per heavy atom. The maximum absolute atomic E-state index is 12.5. The fourth-order valence-electron chi connectivity index (χ4n) is 3.37. The highest BCUT2D eigenvalue weighted by molar-refractivity contribution is 7.97. The van der Waals surface area contributed by atoms with Crippen LogP contribution in [0.3, 0.4) is 0 Å². The van der Waals surface area contributed by atoms with E-state index in [-0.39, 0.29) is 24.2 Å². The van der Waals surface area contributed by atoms with E-state index in [9.17, 15) is 9.59 Å². The molecule has 1 saturated heterocycles. The molecule has 1 spiro atoms. The van der Waals surface area contributed by atoms with Gasteiger partial charge in [0.2, 0.25) is 5.91 Å². The van der Waals surface area contributed by atoms with E-state index in [4.69, 9.17) is 4.74 Å². The Balaban J connectivity index is 1.60. The number of esters is 1. The molecule has 120 valence electrons. The van der Waals surface area contributed by atoms with E-state index < -0.39 is 5.60 Å². The highest BCUT2D eigenvalue weighted by Crippen LogP contribution is 2.45. The van der Waals surface area contributed by atoms with Crippen LogP contribution in [0.15, 0.2) is 5.38 Å². The van der Waals surface area contributed by atoms with Gasteiger partial charge in [-0.15, -0.1) is 11.3 Å². The molecule has 1 saturated carbocycles. The second kappa shape index (κ2) is 6.58. The van der Waals surface area contributed by atoms with E-state index in [0.717, 1.165) is 42.1 Å². The molecular weight excluding hydrogens is 320 g/mol. The van der Waals surface area contributed by atoms with Crippen molar-refractivity contribution in [2.45, 2.75) is 50.0 Å². The average Bonchev–Trinajstić information content (AvgIpc) is 3.19. The van der Waals surface area contributed by atoms with E-state index in [1.54, 1.807) is 23.1 Å². The van der Waals surface area contributed by atoms with E-state index >= 15 is 0 Å². The van der Waals surface area contributed by atoms with Crippen LogP contribution in [0.5, 0.6) is 0 Å². The number of rotatable bonds is 5. The summed E-state index contributed by atoms with van der Waals surface area (Å²) < 4.78 is 5.52. The minimum atomic E-state index is -0.534. The molecule has 0 bridgehead atoms. The number of thioether (sulfide) groups is 1. The Bertz CT molecular complexity index is 567. The summed E-state index contributed by atoms with van der Waals surface area (Å²) in [7, 11) is 0. The molecule has 1 aromatic heterocycles. The Kier molecular flexibility index (Phi) is 4.73. The lowest BCUT2D eigenvalue weighted by atomic mass is 9.85. The molecule has 2 heterocycles. The van der Waals surface area contributed by atoms with Crippen molar-refractivity contribution >= 4 is 35.0 Å². The zero-order valence-corrected chi connectivity index (χ0v) is 14.2. The predicted octanol–water partition coefficient (Wildman–Crippen LogP) is 2.50. The van der Waals surface area contributed by atoms with Crippen LogP contribution < -0.4 is 5.32 Å². The third-order valence-corrected chi connectivity index (χ3v) is 6.04. The minimum absolute atomic E-state index is 0.0767. The zero-order chi connectivity index (χ0) is 15.6. The molecule has 22 heavy (non-hydrogen) atoms. The number of hydrogen-bond donors (Lipinski definition) is 1. The summed E-state index contributed by atoms with van der Waals surface area (Å²) >= 11 is 3.35. The SMILES string of the molecule is CSCc1nc(CNC(=O)[C@@H]2CC(=O)OC23CCCC3)cs1. The van der Waals surface area contributed by atoms with Crippen molar-refractivity contribution in [2.75, 3.05) is 6.26 Å². The summed E-state index contributed by atoms with van der Waals surface area (Å²) in [4.78, 5) is 28.6. The third-order valence-electron chi connectivity index (χ3n) is 4.40. The van der Waals surface area contributed by atoms with Crippen molar-refractivity contribution in [2.24, 2.45) is 5.92 Å². The first-order valence-corrected chi connectivity index (χ1v) is 9.82. The van der Waals surface area contributed by atoms with Gasteiger partial charge in [-0.1, -0.05) is 0 Å². The van der Waals surface area contributed by atoms with Gasteiger partial charge in [0.15, 0.2) is 0 Å². The zero-order valence-electron chi connectivity index (χ0n) is 12.6. The number of hydrogen-bond acceptors (Lipinski definition) is 6. The molecule has 0 aromatic carbocycles. The van der Waals surface area contributed by atoms with Crippen LogP contribution in [0.2, 0.25) is 0 Å². The number of amides is 1. The van der Waals surface area contributed by atoms with E-state index in [2.05, 4.69) is 10.3 Å². The van der Waals surface area contributed by atoms with Crippen molar-refractivity contribution in [1.29, 1.82) is 0 Å². The van der Waals surface area contributed by atoms with Crippen LogP contribution in [0.25, 0.3) is 0 Å². The quantitative estimate of drug-likeness (QED) is 0.834. The molecular formula is C15H20N2O3S2. The van der Waals surface area contributed by atoms with Crippen molar-refractivity contribution in [1.82, 2.24) is 10.3 Å². The van der Waals surface area contributed by atoms with Crippen LogP contribution in [0, 0.1) is 5.92 Å². The summed E-state index contributed by atoms with van der Waals surface area (Å²) in [5.74, 6) is 0.240. The van der Waals surface area contributed by atoms with Crippen LogP contribution in [0.1, 0.15) is 42.8 Å². The van der Waals surface area contributed by atoms with Gasteiger partial charge in [-0.05, 0) is 31.9 Å². The van der Waals surface area contributed by atoms with Crippen molar-refractivity contribution in [3.05, 3.63) is 16.1 Å². The number of ether oxygens (including phenoxy) is 1.